The van der Waals surface area contributed by atoms with Crippen molar-refractivity contribution in [2.75, 3.05) is 13.1 Å². The molecule has 0 bridgehead atoms. The van der Waals surface area contributed by atoms with E-state index in [-0.39, 0.29) is 39.5 Å². The van der Waals surface area contributed by atoms with E-state index in [4.69, 9.17) is 5.14 Å². The van der Waals surface area contributed by atoms with E-state index in [1.807, 2.05) is 0 Å². The van der Waals surface area contributed by atoms with Crippen LogP contribution in [-0.4, -0.2) is 48.9 Å². The molecule has 3 N–H and O–H groups in total. The van der Waals surface area contributed by atoms with Crippen LogP contribution >= 0.6 is 23.7 Å². The second-order valence-electron chi connectivity index (χ2n) is 5.03. The number of fused-ring (bicyclic) bond motifs is 1. The number of aliphatic hydroxyl groups excluding tert-OH is 1. The number of aromatic nitrogens is 2. The minimum absolute atomic E-state index is 0. The molecule has 0 aromatic carbocycles. The summed E-state index contributed by atoms with van der Waals surface area (Å²) in [6, 6.07) is 1.13. The van der Waals surface area contributed by atoms with Crippen molar-refractivity contribution in [1.82, 2.24) is 13.9 Å². The molecule has 134 valence electrons. The zero-order valence-corrected chi connectivity index (χ0v) is 15.4. The van der Waals surface area contributed by atoms with E-state index in [9.17, 15) is 21.9 Å². The standard InChI is InChI=1S/C11H14N4O5S3.ClH/c12-22(17,18)10-5-8-9(16)6-15(23(19,20)11(8)21-10)4-3-14-2-1-13-7-14;/h1-2,5,7,9,16H,3-4,6H2,(H2,12,17,18);1H. The summed E-state index contributed by atoms with van der Waals surface area (Å²) in [4.78, 5) is 3.87. The van der Waals surface area contributed by atoms with Gasteiger partial charge >= 0.3 is 0 Å². The van der Waals surface area contributed by atoms with Gasteiger partial charge in [-0.1, -0.05) is 0 Å². The molecule has 1 unspecified atom stereocenters. The molecule has 0 spiro atoms. The molecule has 9 nitrogen and oxygen atoms in total. The fourth-order valence-electron chi connectivity index (χ4n) is 2.30. The molecule has 0 aliphatic carbocycles. The van der Waals surface area contributed by atoms with Crippen molar-refractivity contribution in [2.24, 2.45) is 5.14 Å². The highest BCUT2D eigenvalue weighted by Gasteiger charge is 2.39. The number of β-amino-alcohol motifs (C(OH)–C–C–N with tert-alkyl or cyclic N) is 1. The van der Waals surface area contributed by atoms with Crippen molar-refractivity contribution >= 4 is 43.8 Å². The van der Waals surface area contributed by atoms with Gasteiger partial charge in [0.2, 0.25) is 10.0 Å². The summed E-state index contributed by atoms with van der Waals surface area (Å²) >= 11 is 0.558. The first-order chi connectivity index (χ1) is 10.7. The Morgan fingerprint density at radius 2 is 2.12 bits per heavy atom. The summed E-state index contributed by atoms with van der Waals surface area (Å²) in [6.45, 7) is 0.372. The Morgan fingerprint density at radius 1 is 1.42 bits per heavy atom. The van der Waals surface area contributed by atoms with Gasteiger partial charge in [-0.3, -0.25) is 0 Å². The number of thiophene rings is 1. The Hall–Kier alpha value is -1.02. The fraction of sp³-hybridized carbons (Fsp3) is 0.364. The molecule has 13 heteroatoms. The number of imidazole rings is 1. The van der Waals surface area contributed by atoms with Gasteiger partial charge in [0.15, 0.2) is 0 Å². The Bertz CT molecular complexity index is 923. The maximum absolute atomic E-state index is 12.6. The first-order valence-electron chi connectivity index (χ1n) is 6.50. The number of sulfonamides is 2. The van der Waals surface area contributed by atoms with E-state index in [0.29, 0.717) is 17.9 Å². The Morgan fingerprint density at radius 3 is 2.71 bits per heavy atom. The average Bonchev–Trinajstić information content (AvgIpc) is 3.09. The Labute approximate surface area is 149 Å². The van der Waals surface area contributed by atoms with E-state index in [0.717, 1.165) is 10.4 Å². The van der Waals surface area contributed by atoms with Gasteiger partial charge in [0, 0.05) is 37.6 Å². The zero-order chi connectivity index (χ0) is 16.8. The molecule has 3 heterocycles. The van der Waals surface area contributed by atoms with Crippen molar-refractivity contribution in [3.8, 4) is 0 Å². The van der Waals surface area contributed by atoms with Gasteiger partial charge in [-0.25, -0.2) is 27.0 Å². The van der Waals surface area contributed by atoms with Crippen LogP contribution in [0, 0.1) is 0 Å². The molecule has 0 saturated heterocycles. The van der Waals surface area contributed by atoms with Gasteiger partial charge in [0.05, 0.1) is 12.4 Å². The van der Waals surface area contributed by atoms with Crippen LogP contribution in [-0.2, 0) is 26.6 Å². The van der Waals surface area contributed by atoms with Crippen LogP contribution in [0.2, 0.25) is 0 Å². The van der Waals surface area contributed by atoms with Gasteiger partial charge in [-0.05, 0) is 6.07 Å². The van der Waals surface area contributed by atoms with Crippen molar-refractivity contribution in [2.45, 2.75) is 21.1 Å². The minimum atomic E-state index is -4.02. The molecule has 3 rings (SSSR count). The predicted octanol–water partition coefficient (Wildman–Crippen LogP) is -0.248. The summed E-state index contributed by atoms with van der Waals surface area (Å²) < 4.78 is 50.5. The maximum atomic E-state index is 12.6. The van der Waals surface area contributed by atoms with Crippen LogP contribution in [0.15, 0.2) is 33.2 Å². The van der Waals surface area contributed by atoms with Crippen LogP contribution in [0.4, 0.5) is 0 Å². The van der Waals surface area contributed by atoms with Crippen LogP contribution in [0.25, 0.3) is 0 Å². The van der Waals surface area contributed by atoms with Gasteiger partial charge in [0.25, 0.3) is 10.0 Å². The van der Waals surface area contributed by atoms with Gasteiger partial charge in [-0.2, -0.15) is 4.31 Å². The highest BCUT2D eigenvalue weighted by atomic mass is 35.5. The molecule has 0 fully saturated rings. The van der Waals surface area contributed by atoms with Crippen LogP contribution in [0.1, 0.15) is 11.7 Å². The Kier molecular flexibility index (Phi) is 5.40. The lowest BCUT2D eigenvalue weighted by Gasteiger charge is -2.29. The molecular formula is C11H15ClN4O5S3. The number of nitrogens with zero attached hydrogens (tertiary/aromatic N) is 3. The van der Waals surface area contributed by atoms with E-state index < -0.39 is 26.2 Å². The molecule has 2 aromatic heterocycles. The Balaban J connectivity index is 0.00000208. The van der Waals surface area contributed by atoms with Gasteiger partial charge in [-0.15, -0.1) is 23.7 Å². The van der Waals surface area contributed by atoms with Gasteiger partial charge < -0.3 is 9.67 Å². The highest BCUT2D eigenvalue weighted by molar-refractivity contribution is 7.94. The monoisotopic (exact) mass is 414 g/mol. The number of nitrogens with two attached hydrogens (primary N) is 1. The third kappa shape index (κ3) is 3.49. The number of aliphatic hydroxyl groups is 1. The molecule has 0 saturated carbocycles. The third-order valence-corrected chi connectivity index (χ3v) is 8.42. The van der Waals surface area contributed by atoms with E-state index >= 15 is 0 Å². The second-order valence-corrected chi connectivity index (χ2v) is 10.0. The van der Waals surface area contributed by atoms with Crippen LogP contribution in [0.3, 0.4) is 0 Å². The zero-order valence-electron chi connectivity index (χ0n) is 12.1. The molecule has 24 heavy (non-hydrogen) atoms. The van der Waals surface area contributed by atoms with Crippen LogP contribution < -0.4 is 5.14 Å². The third-order valence-electron chi connectivity index (χ3n) is 3.46. The number of hydrogen-bond acceptors (Lipinski definition) is 7. The lowest BCUT2D eigenvalue weighted by molar-refractivity contribution is 0.138. The predicted molar refractivity (Wildman–Crippen MR) is 88.9 cm³/mol. The van der Waals surface area contributed by atoms with E-state index in [1.165, 1.54) is 0 Å². The quantitative estimate of drug-likeness (QED) is 0.708. The van der Waals surface area contributed by atoms with Crippen molar-refractivity contribution in [3.05, 3.63) is 30.4 Å². The summed E-state index contributed by atoms with van der Waals surface area (Å²) in [6.07, 6.45) is 3.74. The highest BCUT2D eigenvalue weighted by Crippen LogP contribution is 2.39. The topological polar surface area (TPSA) is 136 Å². The largest absolute Gasteiger partial charge is 0.387 e. The van der Waals surface area contributed by atoms with Crippen LogP contribution in [0.5, 0.6) is 0 Å². The summed E-state index contributed by atoms with van der Waals surface area (Å²) in [5.41, 5.74) is 0.0814. The molecule has 2 aromatic rings. The number of primary sulfonamides is 1. The lowest BCUT2D eigenvalue weighted by atomic mass is 10.2. The number of halogens is 1. The molecule has 1 atom stereocenters. The maximum Gasteiger partial charge on any atom is 0.253 e. The molecular weight excluding hydrogens is 400 g/mol. The lowest BCUT2D eigenvalue weighted by Crippen LogP contribution is -2.40. The van der Waals surface area contributed by atoms with Crippen molar-refractivity contribution < 1.29 is 21.9 Å². The van der Waals surface area contributed by atoms with Gasteiger partial charge in [0.1, 0.15) is 8.42 Å². The second kappa shape index (κ2) is 6.71. The average molecular weight is 415 g/mol. The van der Waals surface area contributed by atoms with Crippen molar-refractivity contribution in [3.63, 3.8) is 0 Å². The molecule has 0 radical (unpaired) electrons. The first kappa shape index (κ1) is 19.3. The molecule has 0 amide bonds. The molecule has 1 aliphatic rings. The summed E-state index contributed by atoms with van der Waals surface area (Å²) in [5, 5.41) is 15.2. The first-order valence-corrected chi connectivity index (χ1v) is 10.3. The minimum Gasteiger partial charge on any atom is -0.387 e. The fourth-order valence-corrected chi connectivity index (χ4v) is 6.54. The smallest absolute Gasteiger partial charge is 0.253 e. The van der Waals surface area contributed by atoms with E-state index in [1.54, 1.807) is 23.3 Å². The van der Waals surface area contributed by atoms with Crippen molar-refractivity contribution in [1.29, 1.82) is 0 Å². The number of rotatable bonds is 4. The van der Waals surface area contributed by atoms with E-state index in [2.05, 4.69) is 4.98 Å². The summed E-state index contributed by atoms with van der Waals surface area (Å²) in [7, 11) is -7.89. The molecule has 1 aliphatic heterocycles. The SMILES string of the molecule is Cl.NS(=O)(=O)c1cc2c(s1)S(=O)(=O)N(CCn1ccnc1)CC2O. The normalized spacial score (nSPS) is 20.3. The summed E-state index contributed by atoms with van der Waals surface area (Å²) in [5.74, 6) is 0. The number of hydrogen-bond donors (Lipinski definition) is 2.